The third kappa shape index (κ3) is 1.60. The van der Waals surface area contributed by atoms with Crippen LogP contribution >= 0.6 is 11.3 Å². The summed E-state index contributed by atoms with van der Waals surface area (Å²) >= 11 is 1.38. The summed E-state index contributed by atoms with van der Waals surface area (Å²) in [6, 6.07) is 6.17. The van der Waals surface area contributed by atoms with Crippen molar-refractivity contribution in [3.8, 4) is 5.75 Å². The number of carboxylic acids is 1. The third-order valence-electron chi connectivity index (χ3n) is 2.81. The Bertz CT molecular complexity index is 657. The van der Waals surface area contributed by atoms with Crippen molar-refractivity contribution in [3.05, 3.63) is 51.2 Å². The molecule has 0 atom stereocenters. The Labute approximate surface area is 106 Å². The van der Waals surface area contributed by atoms with Gasteiger partial charge in [0.2, 0.25) is 5.78 Å². The molecule has 0 spiro atoms. The molecular weight excluding hydrogens is 252 g/mol. The number of carbonyl (C=O) groups is 2. The van der Waals surface area contributed by atoms with E-state index in [0.29, 0.717) is 22.8 Å². The minimum absolute atomic E-state index is 0.107. The fourth-order valence-electron chi connectivity index (χ4n) is 1.89. The predicted octanol–water partition coefficient (Wildman–Crippen LogP) is 2.57. The molecule has 2 heterocycles. The summed E-state index contributed by atoms with van der Waals surface area (Å²) in [6.45, 7) is 0.292. The minimum atomic E-state index is -1.03. The Morgan fingerprint density at radius 1 is 1.33 bits per heavy atom. The molecule has 1 aliphatic rings. The van der Waals surface area contributed by atoms with E-state index < -0.39 is 5.97 Å². The van der Waals surface area contributed by atoms with Crippen LogP contribution in [-0.2, 0) is 6.61 Å². The van der Waals surface area contributed by atoms with Crippen LogP contribution in [0.4, 0.5) is 0 Å². The Morgan fingerprint density at radius 3 is 2.94 bits per heavy atom. The number of ether oxygens (including phenoxy) is 1. The number of fused-ring (bicyclic) bond motifs is 2. The molecule has 0 bridgehead atoms. The average Bonchev–Trinajstić information content (AvgIpc) is 2.78. The van der Waals surface area contributed by atoms with Gasteiger partial charge in [0.15, 0.2) is 0 Å². The lowest BCUT2D eigenvalue weighted by molar-refractivity contribution is 0.0696. The van der Waals surface area contributed by atoms with E-state index >= 15 is 0 Å². The maximum atomic E-state index is 12.3. The number of thiophene rings is 1. The van der Waals surface area contributed by atoms with Gasteiger partial charge < -0.3 is 9.84 Å². The van der Waals surface area contributed by atoms with Crippen LogP contribution in [0.2, 0.25) is 0 Å². The van der Waals surface area contributed by atoms with E-state index in [4.69, 9.17) is 9.84 Å². The lowest BCUT2D eigenvalue weighted by Gasteiger charge is -2.06. The Hall–Kier alpha value is -2.14. The molecule has 0 aliphatic carbocycles. The first-order chi connectivity index (χ1) is 8.66. The number of carboxylic acid groups (broad SMARTS) is 1. The maximum Gasteiger partial charge on any atom is 0.335 e. The van der Waals surface area contributed by atoms with E-state index in [2.05, 4.69) is 0 Å². The molecular formula is C13H8O4S. The van der Waals surface area contributed by atoms with Crippen LogP contribution in [0.1, 0.15) is 31.2 Å². The first kappa shape index (κ1) is 11.0. The van der Waals surface area contributed by atoms with Crippen molar-refractivity contribution in [2.45, 2.75) is 6.61 Å². The molecule has 3 rings (SSSR count). The number of benzene rings is 1. The van der Waals surface area contributed by atoms with Crippen molar-refractivity contribution in [2.75, 3.05) is 0 Å². The van der Waals surface area contributed by atoms with Gasteiger partial charge >= 0.3 is 5.97 Å². The lowest BCUT2D eigenvalue weighted by Crippen LogP contribution is -2.02. The minimum Gasteiger partial charge on any atom is -0.488 e. The van der Waals surface area contributed by atoms with Gasteiger partial charge in [-0.2, -0.15) is 0 Å². The summed E-state index contributed by atoms with van der Waals surface area (Å²) in [4.78, 5) is 23.8. The molecule has 1 N–H and O–H groups in total. The summed E-state index contributed by atoms with van der Waals surface area (Å²) in [5.74, 6) is -0.805. The molecule has 1 aromatic heterocycles. The van der Waals surface area contributed by atoms with Crippen LogP contribution in [0.5, 0.6) is 5.75 Å². The van der Waals surface area contributed by atoms with Gasteiger partial charge in [0.1, 0.15) is 12.4 Å². The monoisotopic (exact) mass is 260 g/mol. The molecule has 0 saturated carbocycles. The normalized spacial score (nSPS) is 13.2. The zero-order chi connectivity index (χ0) is 12.7. The van der Waals surface area contributed by atoms with Crippen LogP contribution in [0.3, 0.4) is 0 Å². The summed E-state index contributed by atoms with van der Waals surface area (Å²) in [5.41, 5.74) is 1.38. The molecule has 1 aromatic carbocycles. The van der Waals surface area contributed by atoms with E-state index in [1.807, 2.05) is 11.4 Å². The van der Waals surface area contributed by atoms with Crippen LogP contribution in [0, 0.1) is 0 Å². The van der Waals surface area contributed by atoms with E-state index in [1.54, 1.807) is 0 Å². The average molecular weight is 260 g/mol. The second kappa shape index (κ2) is 3.96. The van der Waals surface area contributed by atoms with Crippen LogP contribution < -0.4 is 4.74 Å². The summed E-state index contributed by atoms with van der Waals surface area (Å²) in [7, 11) is 0. The summed E-state index contributed by atoms with van der Waals surface area (Å²) < 4.78 is 5.52. The van der Waals surface area contributed by atoms with Crippen molar-refractivity contribution < 1.29 is 19.4 Å². The fraction of sp³-hybridized carbons (Fsp3) is 0.0769. The first-order valence-corrected chi connectivity index (χ1v) is 6.16. The molecule has 0 unspecified atom stereocenters. The smallest absolute Gasteiger partial charge is 0.335 e. The largest absolute Gasteiger partial charge is 0.488 e. The first-order valence-electron chi connectivity index (χ1n) is 5.28. The van der Waals surface area contributed by atoms with Crippen molar-refractivity contribution in [3.63, 3.8) is 0 Å². The zero-order valence-electron chi connectivity index (χ0n) is 9.17. The Kier molecular flexibility index (Phi) is 2.41. The number of carbonyl (C=O) groups excluding carboxylic acids is 1. The molecule has 90 valence electrons. The quantitative estimate of drug-likeness (QED) is 0.855. The number of hydrogen-bond donors (Lipinski definition) is 1. The van der Waals surface area contributed by atoms with Crippen LogP contribution in [0.15, 0.2) is 29.6 Å². The Morgan fingerprint density at radius 2 is 2.17 bits per heavy atom. The molecule has 5 heteroatoms. The van der Waals surface area contributed by atoms with E-state index in [0.717, 1.165) is 5.56 Å². The van der Waals surface area contributed by atoms with Gasteiger partial charge in [-0.3, -0.25) is 4.79 Å². The number of rotatable bonds is 1. The van der Waals surface area contributed by atoms with Crippen LogP contribution in [0.25, 0.3) is 0 Å². The Balaban J connectivity index is 2.14. The second-order valence-electron chi connectivity index (χ2n) is 3.91. The topological polar surface area (TPSA) is 63.6 Å². The van der Waals surface area contributed by atoms with Gasteiger partial charge in [-0.1, -0.05) is 0 Å². The van der Waals surface area contributed by atoms with E-state index in [9.17, 15) is 9.59 Å². The van der Waals surface area contributed by atoms with Crippen molar-refractivity contribution in [1.82, 2.24) is 0 Å². The van der Waals surface area contributed by atoms with Crippen molar-refractivity contribution in [1.29, 1.82) is 0 Å². The molecule has 1 aliphatic heterocycles. The van der Waals surface area contributed by atoms with Crippen molar-refractivity contribution in [2.24, 2.45) is 0 Å². The maximum absolute atomic E-state index is 12.3. The van der Waals surface area contributed by atoms with Gasteiger partial charge in [0.25, 0.3) is 0 Å². The lowest BCUT2D eigenvalue weighted by atomic mass is 10.0. The van der Waals surface area contributed by atoms with Crippen LogP contribution in [-0.4, -0.2) is 16.9 Å². The SMILES string of the molecule is O=C(O)c1ccc2c(c1)OCc1ccsc1C2=O. The highest BCUT2D eigenvalue weighted by Gasteiger charge is 2.24. The van der Waals surface area contributed by atoms with Gasteiger partial charge in [-0.25, -0.2) is 4.79 Å². The van der Waals surface area contributed by atoms with E-state index in [-0.39, 0.29) is 11.3 Å². The highest BCUT2D eigenvalue weighted by atomic mass is 32.1. The number of aromatic carboxylic acids is 1. The predicted molar refractivity (Wildman–Crippen MR) is 65.5 cm³/mol. The van der Waals surface area contributed by atoms with Gasteiger partial charge in [-0.05, 0) is 29.6 Å². The summed E-state index contributed by atoms with van der Waals surface area (Å²) in [5, 5.41) is 10.8. The van der Waals surface area contributed by atoms with Gasteiger partial charge in [0, 0.05) is 5.56 Å². The third-order valence-corrected chi connectivity index (χ3v) is 3.76. The van der Waals surface area contributed by atoms with Gasteiger partial charge in [-0.15, -0.1) is 11.3 Å². The number of hydrogen-bond acceptors (Lipinski definition) is 4. The molecule has 2 aromatic rings. The fourth-order valence-corrected chi connectivity index (χ4v) is 2.75. The molecule has 18 heavy (non-hydrogen) atoms. The van der Waals surface area contributed by atoms with E-state index in [1.165, 1.54) is 29.5 Å². The molecule has 0 saturated heterocycles. The molecule has 0 radical (unpaired) electrons. The zero-order valence-corrected chi connectivity index (χ0v) is 9.99. The highest BCUT2D eigenvalue weighted by molar-refractivity contribution is 7.12. The van der Waals surface area contributed by atoms with Crippen molar-refractivity contribution >= 4 is 23.1 Å². The standard InChI is InChI=1S/C13H8O4S/c14-11-9-2-1-7(13(15)16)5-10(9)17-6-8-3-4-18-12(8)11/h1-5H,6H2,(H,15,16). The second-order valence-corrected chi connectivity index (χ2v) is 4.82. The molecule has 0 amide bonds. The highest BCUT2D eigenvalue weighted by Crippen LogP contribution is 2.31. The number of ketones is 1. The molecule has 4 nitrogen and oxygen atoms in total. The van der Waals surface area contributed by atoms with Gasteiger partial charge in [0.05, 0.1) is 16.0 Å². The molecule has 0 fully saturated rings. The summed E-state index contributed by atoms with van der Waals surface area (Å²) in [6.07, 6.45) is 0.